The van der Waals surface area contributed by atoms with Gasteiger partial charge in [0, 0.05) is 18.6 Å². The van der Waals surface area contributed by atoms with Crippen molar-refractivity contribution in [2.45, 2.75) is 69.6 Å². The van der Waals surface area contributed by atoms with Crippen molar-refractivity contribution in [1.29, 1.82) is 0 Å². The van der Waals surface area contributed by atoms with E-state index in [-0.39, 0.29) is 5.54 Å². The lowest BCUT2D eigenvalue weighted by atomic mass is 9.85. The van der Waals surface area contributed by atoms with Gasteiger partial charge in [0.25, 0.3) is 0 Å². The molecule has 3 fully saturated rings. The van der Waals surface area contributed by atoms with Crippen LogP contribution in [0.4, 0.5) is 0 Å². The van der Waals surface area contributed by atoms with Gasteiger partial charge in [0.15, 0.2) is 0 Å². The smallest absolute Gasteiger partial charge is 0.0707 e. The Labute approximate surface area is 129 Å². The zero-order chi connectivity index (χ0) is 14.7. The molecule has 0 aromatic heterocycles. The average molecular weight is 296 g/mol. The van der Waals surface area contributed by atoms with Crippen molar-refractivity contribution in [3.8, 4) is 0 Å². The molecule has 21 heavy (non-hydrogen) atoms. The zero-order valence-corrected chi connectivity index (χ0v) is 13.5. The van der Waals surface area contributed by atoms with E-state index in [0.717, 1.165) is 32.5 Å². The molecule has 2 heterocycles. The molecule has 2 aliphatic heterocycles. The molecule has 0 aromatic rings. The summed E-state index contributed by atoms with van der Waals surface area (Å²) in [5, 5.41) is 13.6. The molecule has 1 aliphatic carbocycles. The lowest BCUT2D eigenvalue weighted by Crippen LogP contribution is -2.52. The number of rotatable bonds is 7. The van der Waals surface area contributed by atoms with Crippen molar-refractivity contribution < 1.29 is 9.84 Å². The van der Waals surface area contributed by atoms with E-state index in [4.69, 9.17) is 4.74 Å². The predicted octanol–water partition coefficient (Wildman–Crippen LogP) is 1.77. The Bertz CT molecular complexity index is 327. The number of aliphatic hydroxyl groups excluding tert-OH is 1. The van der Waals surface area contributed by atoms with Crippen LogP contribution in [-0.4, -0.2) is 60.5 Å². The van der Waals surface area contributed by atoms with Crippen LogP contribution in [0, 0.1) is 5.92 Å². The fourth-order valence-electron chi connectivity index (χ4n) is 4.66. The number of nitrogens with zero attached hydrogens (tertiary/aromatic N) is 1. The number of morpholine rings is 1. The van der Waals surface area contributed by atoms with Crippen LogP contribution >= 0.6 is 0 Å². The summed E-state index contributed by atoms with van der Waals surface area (Å²) < 4.78 is 5.92. The van der Waals surface area contributed by atoms with Gasteiger partial charge in [-0.25, -0.2) is 0 Å². The second kappa shape index (κ2) is 6.95. The van der Waals surface area contributed by atoms with Gasteiger partial charge in [-0.2, -0.15) is 0 Å². The molecule has 1 saturated carbocycles. The summed E-state index contributed by atoms with van der Waals surface area (Å²) in [5.41, 5.74) is 0.00127. The highest BCUT2D eigenvalue weighted by Gasteiger charge is 2.42. The molecule has 2 bridgehead atoms. The Morgan fingerprint density at radius 1 is 1.24 bits per heavy atom. The third kappa shape index (κ3) is 3.44. The second-order valence-corrected chi connectivity index (χ2v) is 7.34. The van der Waals surface area contributed by atoms with Crippen molar-refractivity contribution in [3.05, 3.63) is 0 Å². The van der Waals surface area contributed by atoms with Gasteiger partial charge in [-0.15, -0.1) is 0 Å². The van der Waals surface area contributed by atoms with Crippen LogP contribution in [-0.2, 0) is 4.74 Å². The van der Waals surface area contributed by atoms with E-state index in [0.29, 0.717) is 24.7 Å². The van der Waals surface area contributed by atoms with Crippen LogP contribution in [0.3, 0.4) is 0 Å². The molecule has 0 amide bonds. The first-order chi connectivity index (χ1) is 10.3. The molecule has 4 nitrogen and oxygen atoms in total. The van der Waals surface area contributed by atoms with Crippen molar-refractivity contribution in [3.63, 3.8) is 0 Å². The molecule has 4 atom stereocenters. The van der Waals surface area contributed by atoms with Crippen molar-refractivity contribution in [2.75, 3.05) is 32.8 Å². The minimum Gasteiger partial charge on any atom is -0.394 e. The van der Waals surface area contributed by atoms with Crippen LogP contribution < -0.4 is 5.32 Å². The number of fused-ring (bicyclic) bond motifs is 2. The third-order valence-corrected chi connectivity index (χ3v) is 5.88. The Hall–Kier alpha value is -0.160. The number of ether oxygens (including phenoxy) is 1. The SMILES string of the molecule is CCCNC1(CO)CCCC1CCN1CC2CCC(C1)O2. The number of nitrogens with one attached hydrogen (secondary N) is 1. The van der Waals surface area contributed by atoms with Gasteiger partial charge in [-0.1, -0.05) is 13.3 Å². The maximum absolute atomic E-state index is 9.95. The summed E-state index contributed by atoms with van der Waals surface area (Å²) in [6, 6.07) is 0. The Kier molecular flexibility index (Phi) is 5.20. The summed E-state index contributed by atoms with van der Waals surface area (Å²) in [6.45, 7) is 6.95. The first-order valence-corrected chi connectivity index (χ1v) is 8.99. The number of hydrogen-bond acceptors (Lipinski definition) is 4. The largest absolute Gasteiger partial charge is 0.394 e. The van der Waals surface area contributed by atoms with Gasteiger partial charge < -0.3 is 15.2 Å². The lowest BCUT2D eigenvalue weighted by Gasteiger charge is -2.38. The molecule has 0 aromatic carbocycles. The monoisotopic (exact) mass is 296 g/mol. The summed E-state index contributed by atoms with van der Waals surface area (Å²) in [5.74, 6) is 0.634. The van der Waals surface area contributed by atoms with Gasteiger partial charge in [0.2, 0.25) is 0 Å². The maximum Gasteiger partial charge on any atom is 0.0707 e. The number of hydrogen-bond donors (Lipinski definition) is 2. The molecule has 3 rings (SSSR count). The van der Waals surface area contributed by atoms with Gasteiger partial charge >= 0.3 is 0 Å². The fraction of sp³-hybridized carbons (Fsp3) is 1.00. The van der Waals surface area contributed by atoms with Crippen LogP contribution in [0.25, 0.3) is 0 Å². The van der Waals surface area contributed by atoms with Gasteiger partial charge in [0.05, 0.1) is 18.8 Å². The summed E-state index contributed by atoms with van der Waals surface area (Å²) in [7, 11) is 0. The highest BCUT2D eigenvalue weighted by molar-refractivity contribution is 4.99. The summed E-state index contributed by atoms with van der Waals surface area (Å²) >= 11 is 0. The van der Waals surface area contributed by atoms with E-state index in [1.807, 2.05) is 0 Å². The lowest BCUT2D eigenvalue weighted by molar-refractivity contribution is -0.0407. The standard InChI is InChI=1S/C17H32N2O2/c1-2-9-18-17(13-20)8-3-4-14(17)7-10-19-11-15-5-6-16(12-19)21-15/h14-16,18,20H,2-13H2,1H3. The first-order valence-electron chi connectivity index (χ1n) is 8.99. The Morgan fingerprint density at radius 2 is 2.00 bits per heavy atom. The number of likely N-dealkylation sites (tertiary alicyclic amines) is 1. The Balaban J connectivity index is 1.51. The van der Waals surface area contributed by atoms with Crippen molar-refractivity contribution in [2.24, 2.45) is 5.92 Å². The predicted molar refractivity (Wildman–Crippen MR) is 84.4 cm³/mol. The van der Waals surface area contributed by atoms with Gasteiger partial charge in [-0.05, 0) is 57.5 Å². The highest BCUT2D eigenvalue weighted by atomic mass is 16.5. The number of aliphatic hydroxyl groups is 1. The van der Waals surface area contributed by atoms with E-state index in [1.54, 1.807) is 0 Å². The molecule has 2 N–H and O–H groups in total. The van der Waals surface area contributed by atoms with E-state index < -0.39 is 0 Å². The van der Waals surface area contributed by atoms with Crippen LogP contribution in [0.2, 0.25) is 0 Å². The topological polar surface area (TPSA) is 44.7 Å². The average Bonchev–Trinajstić information content (AvgIpc) is 3.06. The highest BCUT2D eigenvalue weighted by Crippen LogP contribution is 2.38. The quantitative estimate of drug-likeness (QED) is 0.751. The molecule has 2 saturated heterocycles. The minimum absolute atomic E-state index is 0.00127. The maximum atomic E-state index is 9.95. The Morgan fingerprint density at radius 3 is 2.67 bits per heavy atom. The normalized spacial score (nSPS) is 40.0. The van der Waals surface area contributed by atoms with Crippen LogP contribution in [0.15, 0.2) is 0 Å². The first kappa shape index (κ1) is 15.7. The molecular formula is C17H32N2O2. The van der Waals surface area contributed by atoms with Crippen LogP contribution in [0.5, 0.6) is 0 Å². The third-order valence-electron chi connectivity index (χ3n) is 5.88. The minimum atomic E-state index is 0.00127. The molecule has 0 spiro atoms. The van der Waals surface area contributed by atoms with Gasteiger partial charge in [0.1, 0.15) is 0 Å². The van der Waals surface area contributed by atoms with Crippen molar-refractivity contribution in [1.82, 2.24) is 10.2 Å². The second-order valence-electron chi connectivity index (χ2n) is 7.34. The molecule has 4 unspecified atom stereocenters. The van der Waals surface area contributed by atoms with Crippen LogP contribution in [0.1, 0.15) is 51.9 Å². The zero-order valence-electron chi connectivity index (χ0n) is 13.5. The molecule has 4 heteroatoms. The van der Waals surface area contributed by atoms with E-state index in [9.17, 15) is 5.11 Å². The molecule has 0 radical (unpaired) electrons. The van der Waals surface area contributed by atoms with E-state index >= 15 is 0 Å². The summed E-state index contributed by atoms with van der Waals surface area (Å²) in [6.07, 6.45) is 9.53. The van der Waals surface area contributed by atoms with E-state index in [2.05, 4.69) is 17.1 Å². The van der Waals surface area contributed by atoms with E-state index in [1.165, 1.54) is 38.6 Å². The molecule has 3 aliphatic rings. The van der Waals surface area contributed by atoms with Crippen molar-refractivity contribution >= 4 is 0 Å². The molecular weight excluding hydrogens is 264 g/mol. The fourth-order valence-corrected chi connectivity index (χ4v) is 4.66. The molecule has 122 valence electrons. The summed E-state index contributed by atoms with van der Waals surface area (Å²) in [4.78, 5) is 2.60. The van der Waals surface area contributed by atoms with Gasteiger partial charge in [-0.3, -0.25) is 4.90 Å².